The molecular weight excluding hydrogens is 346 g/mol. The van der Waals surface area contributed by atoms with Crippen LogP contribution in [0.1, 0.15) is 5.56 Å². The maximum absolute atomic E-state index is 13.4. The number of anilines is 1. The fourth-order valence-electron chi connectivity index (χ4n) is 3.17. The second-order valence-corrected chi connectivity index (χ2v) is 7.40. The van der Waals surface area contributed by atoms with Crippen molar-refractivity contribution in [3.8, 4) is 22.6 Å². The van der Waals surface area contributed by atoms with Gasteiger partial charge in [0.05, 0.1) is 26.5 Å². The van der Waals surface area contributed by atoms with E-state index in [0.29, 0.717) is 12.3 Å². The van der Waals surface area contributed by atoms with Crippen LogP contribution in [-0.2, 0) is 17.9 Å². The highest BCUT2D eigenvalue weighted by atomic mass is 32.2. The minimum absolute atomic E-state index is 0.546. The van der Waals surface area contributed by atoms with Crippen molar-refractivity contribution < 1.29 is 14.0 Å². The molecule has 26 heavy (non-hydrogen) atoms. The van der Waals surface area contributed by atoms with Gasteiger partial charge in [0.15, 0.2) is 4.90 Å². The number of fused-ring (bicyclic) bond motifs is 3. The average molecular weight is 365 g/mol. The maximum Gasteiger partial charge on any atom is 0.191 e. The standard InChI is InChI=1S/C21H19NO3S/c1-24-16-8-10-18-19-11-9-17(25-2)13-21(19)26(23)22(20(18)12-16)14-15-6-4-3-5-7-15/h3-13H,14H2,1-2H3. The fourth-order valence-corrected chi connectivity index (χ4v) is 4.59. The molecule has 1 atom stereocenters. The first-order valence-corrected chi connectivity index (χ1v) is 9.41. The van der Waals surface area contributed by atoms with Gasteiger partial charge in [-0.2, -0.15) is 4.31 Å². The summed E-state index contributed by atoms with van der Waals surface area (Å²) in [5.41, 5.74) is 4.01. The van der Waals surface area contributed by atoms with Crippen LogP contribution in [0.4, 0.5) is 5.69 Å². The van der Waals surface area contributed by atoms with Crippen molar-refractivity contribution in [3.63, 3.8) is 0 Å². The molecule has 0 aliphatic carbocycles. The smallest absolute Gasteiger partial charge is 0.191 e. The van der Waals surface area contributed by atoms with Gasteiger partial charge in [-0.05, 0) is 29.8 Å². The van der Waals surface area contributed by atoms with Gasteiger partial charge in [-0.25, -0.2) is 0 Å². The summed E-state index contributed by atoms with van der Waals surface area (Å²) in [7, 11) is 3.26. The topological polar surface area (TPSA) is 44.8 Å². The van der Waals surface area contributed by atoms with Crippen LogP contribution in [0.2, 0.25) is 0 Å². The van der Waals surface area contributed by atoms with Crippen molar-refractivity contribution in [3.05, 3.63) is 72.3 Å². The second-order valence-electron chi connectivity index (χ2n) is 6.02. The van der Waals surface area contributed by atoms with Gasteiger partial charge in [0.2, 0.25) is 0 Å². The van der Waals surface area contributed by atoms with Gasteiger partial charge in [-0.15, -0.1) is 0 Å². The Morgan fingerprint density at radius 3 is 2.19 bits per heavy atom. The van der Waals surface area contributed by atoms with Crippen molar-refractivity contribution in [1.82, 2.24) is 0 Å². The van der Waals surface area contributed by atoms with Crippen LogP contribution in [0.3, 0.4) is 0 Å². The fraction of sp³-hybridized carbons (Fsp3) is 0.143. The van der Waals surface area contributed by atoms with Crippen molar-refractivity contribution in [2.45, 2.75) is 11.4 Å². The Balaban J connectivity index is 1.86. The molecule has 3 aromatic carbocycles. The highest BCUT2D eigenvalue weighted by Crippen LogP contribution is 2.46. The quantitative estimate of drug-likeness (QED) is 0.642. The number of hydrogen-bond acceptors (Lipinski definition) is 4. The third kappa shape index (κ3) is 2.89. The number of benzene rings is 3. The predicted octanol–water partition coefficient (Wildman–Crippen LogP) is 4.41. The van der Waals surface area contributed by atoms with Gasteiger partial charge < -0.3 is 14.0 Å². The zero-order chi connectivity index (χ0) is 18.1. The van der Waals surface area contributed by atoms with Crippen LogP contribution in [0, 0.1) is 0 Å². The van der Waals surface area contributed by atoms with E-state index in [1.165, 1.54) is 0 Å². The highest BCUT2D eigenvalue weighted by Gasteiger charge is 2.35. The zero-order valence-corrected chi connectivity index (χ0v) is 15.5. The van der Waals surface area contributed by atoms with Crippen LogP contribution < -0.4 is 13.8 Å². The Kier molecular flexibility index (Phi) is 4.49. The van der Waals surface area contributed by atoms with Crippen LogP contribution in [-0.4, -0.2) is 18.8 Å². The van der Waals surface area contributed by atoms with E-state index in [4.69, 9.17) is 9.47 Å². The highest BCUT2D eigenvalue weighted by molar-refractivity contribution is 7.93. The molecule has 1 heterocycles. The third-order valence-corrected chi connectivity index (χ3v) is 5.95. The Labute approximate surface area is 156 Å². The summed E-state index contributed by atoms with van der Waals surface area (Å²) in [6.45, 7) is 0.546. The van der Waals surface area contributed by atoms with Gasteiger partial charge in [-0.1, -0.05) is 30.3 Å². The normalized spacial score (nSPS) is 15.2. The number of nitrogens with zero attached hydrogens (tertiary/aromatic N) is 1. The SMILES string of the molecule is COc1ccc2c(c1)N(Cc1ccccc1)[S+]([O-])c1cc(OC)ccc1-2. The molecule has 4 nitrogen and oxygen atoms in total. The van der Waals surface area contributed by atoms with Crippen molar-refractivity contribution in [1.29, 1.82) is 0 Å². The Morgan fingerprint density at radius 1 is 0.846 bits per heavy atom. The molecule has 132 valence electrons. The summed E-state index contributed by atoms with van der Waals surface area (Å²) in [6.07, 6.45) is 0. The van der Waals surface area contributed by atoms with Crippen LogP contribution in [0.5, 0.6) is 11.5 Å². The number of methoxy groups -OCH3 is 2. The van der Waals surface area contributed by atoms with Gasteiger partial charge in [-0.3, -0.25) is 0 Å². The molecule has 0 aromatic heterocycles. The van der Waals surface area contributed by atoms with Crippen molar-refractivity contribution >= 4 is 17.0 Å². The Bertz CT molecular complexity index is 930. The molecule has 1 aliphatic heterocycles. The van der Waals surface area contributed by atoms with Gasteiger partial charge in [0.1, 0.15) is 22.9 Å². The molecule has 1 unspecified atom stereocenters. The molecular formula is C21H19NO3S. The number of hydrogen-bond donors (Lipinski definition) is 0. The van der Waals surface area contributed by atoms with Crippen molar-refractivity contribution in [2.24, 2.45) is 0 Å². The van der Waals surface area contributed by atoms with Gasteiger partial charge >= 0.3 is 0 Å². The minimum atomic E-state index is -1.34. The largest absolute Gasteiger partial charge is 0.588 e. The van der Waals surface area contributed by atoms with E-state index in [0.717, 1.165) is 33.0 Å². The molecule has 0 saturated carbocycles. The zero-order valence-electron chi connectivity index (χ0n) is 14.6. The van der Waals surface area contributed by atoms with E-state index >= 15 is 0 Å². The first kappa shape index (κ1) is 16.8. The van der Waals surface area contributed by atoms with E-state index in [2.05, 4.69) is 0 Å². The Morgan fingerprint density at radius 2 is 1.50 bits per heavy atom. The number of ether oxygens (including phenoxy) is 2. The first-order chi connectivity index (χ1) is 12.7. The third-order valence-electron chi connectivity index (χ3n) is 4.51. The van der Waals surface area contributed by atoms with Crippen LogP contribution in [0.25, 0.3) is 11.1 Å². The molecule has 1 aliphatic rings. The summed E-state index contributed by atoms with van der Waals surface area (Å²) < 4.78 is 26.0. The molecule has 0 fully saturated rings. The lowest BCUT2D eigenvalue weighted by molar-refractivity contribution is 0.413. The molecule has 0 amide bonds. The molecule has 0 radical (unpaired) electrons. The molecule has 0 bridgehead atoms. The van der Waals surface area contributed by atoms with E-state index < -0.39 is 11.4 Å². The average Bonchev–Trinajstić information content (AvgIpc) is 2.71. The lowest BCUT2D eigenvalue weighted by Crippen LogP contribution is -2.34. The molecule has 3 aromatic rings. The molecule has 4 rings (SSSR count). The molecule has 0 N–H and O–H groups in total. The van der Waals surface area contributed by atoms with E-state index in [1.54, 1.807) is 14.2 Å². The summed E-state index contributed by atoms with van der Waals surface area (Å²) in [5, 5.41) is 0. The maximum atomic E-state index is 13.4. The summed E-state index contributed by atoms with van der Waals surface area (Å²) >= 11 is -1.34. The molecule has 5 heteroatoms. The summed E-state index contributed by atoms with van der Waals surface area (Å²) in [5.74, 6) is 1.45. The second kappa shape index (κ2) is 6.94. The van der Waals surface area contributed by atoms with E-state index in [9.17, 15) is 4.55 Å². The lowest BCUT2D eigenvalue weighted by atomic mass is 10.0. The molecule has 0 spiro atoms. The van der Waals surface area contributed by atoms with Crippen LogP contribution >= 0.6 is 0 Å². The number of rotatable bonds is 4. The first-order valence-electron chi connectivity index (χ1n) is 8.31. The van der Waals surface area contributed by atoms with Gasteiger partial charge in [0.25, 0.3) is 0 Å². The summed E-state index contributed by atoms with van der Waals surface area (Å²) in [4.78, 5) is 0.762. The Hall–Kier alpha value is -2.63. The van der Waals surface area contributed by atoms with Crippen molar-refractivity contribution in [2.75, 3.05) is 18.5 Å². The van der Waals surface area contributed by atoms with E-state index in [1.807, 2.05) is 71.0 Å². The minimum Gasteiger partial charge on any atom is -0.588 e. The predicted molar refractivity (Wildman–Crippen MR) is 104 cm³/mol. The van der Waals surface area contributed by atoms with Crippen LogP contribution in [0.15, 0.2) is 71.6 Å². The monoisotopic (exact) mass is 365 g/mol. The lowest BCUT2D eigenvalue weighted by Gasteiger charge is -2.33. The van der Waals surface area contributed by atoms with Gasteiger partial charge in [0, 0.05) is 23.3 Å². The summed E-state index contributed by atoms with van der Waals surface area (Å²) in [6, 6.07) is 21.7. The molecule has 0 saturated heterocycles. The van der Waals surface area contributed by atoms with E-state index in [-0.39, 0.29) is 0 Å².